The van der Waals surface area contributed by atoms with E-state index in [0.717, 1.165) is 18.5 Å². The van der Waals surface area contributed by atoms with Crippen molar-refractivity contribution in [2.75, 3.05) is 11.9 Å². The van der Waals surface area contributed by atoms with Crippen molar-refractivity contribution in [2.24, 2.45) is 0 Å². The second-order valence-corrected chi connectivity index (χ2v) is 4.87. The lowest BCUT2D eigenvalue weighted by Gasteiger charge is -2.14. The molecule has 2 aromatic rings. The molecule has 0 amide bonds. The maximum absolute atomic E-state index is 13.5. The van der Waals surface area contributed by atoms with Gasteiger partial charge < -0.3 is 10.4 Å². The number of aryl methyl sites for hydroxylation is 1. The Hall–Kier alpha value is -1.87. The van der Waals surface area contributed by atoms with E-state index in [4.69, 9.17) is 0 Å². The predicted molar refractivity (Wildman–Crippen MR) is 80.3 cm³/mol. The Morgan fingerprint density at radius 1 is 1.10 bits per heavy atom. The molecule has 0 bridgehead atoms. The van der Waals surface area contributed by atoms with Gasteiger partial charge in [-0.1, -0.05) is 43.7 Å². The van der Waals surface area contributed by atoms with Crippen LogP contribution < -0.4 is 5.32 Å². The highest BCUT2D eigenvalue weighted by Crippen LogP contribution is 2.18. The lowest BCUT2D eigenvalue weighted by Crippen LogP contribution is -2.13. The highest BCUT2D eigenvalue weighted by Gasteiger charge is 2.11. The third kappa shape index (κ3) is 3.81. The second-order valence-electron chi connectivity index (χ2n) is 4.87. The molecule has 2 nitrogen and oxygen atoms in total. The third-order valence-electron chi connectivity index (χ3n) is 3.26. The molecule has 106 valence electrons. The molecule has 0 aliphatic heterocycles. The standard InChI is InChI=1S/C17H20FNO/c1-2-5-13-8-10-14(11-9-13)19-12-17(20)15-6-3-4-7-16(15)18/h3-4,6-11,17,19-20H,2,5,12H2,1H3. The average molecular weight is 273 g/mol. The predicted octanol–water partition coefficient (Wildman–Crippen LogP) is 3.92. The molecule has 0 heterocycles. The molecule has 0 aliphatic rings. The van der Waals surface area contributed by atoms with E-state index in [1.54, 1.807) is 18.2 Å². The van der Waals surface area contributed by atoms with Crippen molar-refractivity contribution in [1.82, 2.24) is 0 Å². The monoisotopic (exact) mass is 273 g/mol. The molecule has 1 unspecified atom stereocenters. The highest BCUT2D eigenvalue weighted by atomic mass is 19.1. The number of benzene rings is 2. The normalized spacial score (nSPS) is 12.2. The summed E-state index contributed by atoms with van der Waals surface area (Å²) in [4.78, 5) is 0. The molecule has 0 saturated carbocycles. The van der Waals surface area contributed by atoms with Crippen molar-refractivity contribution >= 4 is 5.69 Å². The van der Waals surface area contributed by atoms with Gasteiger partial charge in [0.25, 0.3) is 0 Å². The number of halogens is 1. The molecule has 0 spiro atoms. The number of hydrogen-bond acceptors (Lipinski definition) is 2. The summed E-state index contributed by atoms with van der Waals surface area (Å²) in [5.41, 5.74) is 2.55. The summed E-state index contributed by atoms with van der Waals surface area (Å²) in [7, 11) is 0. The van der Waals surface area contributed by atoms with Gasteiger partial charge in [0.05, 0.1) is 6.10 Å². The van der Waals surface area contributed by atoms with E-state index in [2.05, 4.69) is 24.4 Å². The first kappa shape index (κ1) is 14.5. The lowest BCUT2D eigenvalue weighted by molar-refractivity contribution is 0.186. The zero-order valence-electron chi connectivity index (χ0n) is 11.6. The van der Waals surface area contributed by atoms with Crippen LogP contribution in [0.3, 0.4) is 0 Å². The number of rotatable bonds is 6. The van der Waals surface area contributed by atoms with Crippen LogP contribution in [0.15, 0.2) is 48.5 Å². The fourth-order valence-corrected chi connectivity index (χ4v) is 2.15. The van der Waals surface area contributed by atoms with Crippen LogP contribution in [0.25, 0.3) is 0 Å². The van der Waals surface area contributed by atoms with Gasteiger partial charge >= 0.3 is 0 Å². The Bertz CT molecular complexity index is 539. The average Bonchev–Trinajstić information content (AvgIpc) is 2.47. The zero-order chi connectivity index (χ0) is 14.4. The second kappa shape index (κ2) is 7.06. The minimum absolute atomic E-state index is 0.286. The van der Waals surface area contributed by atoms with Crippen LogP contribution in [0.5, 0.6) is 0 Å². The summed E-state index contributed by atoms with van der Waals surface area (Å²) in [6.07, 6.45) is 1.34. The van der Waals surface area contributed by atoms with Crippen molar-refractivity contribution < 1.29 is 9.50 Å². The van der Waals surface area contributed by atoms with Crippen LogP contribution in [-0.2, 0) is 6.42 Å². The Morgan fingerprint density at radius 2 is 1.80 bits per heavy atom. The first-order valence-corrected chi connectivity index (χ1v) is 6.96. The van der Waals surface area contributed by atoms with E-state index in [1.807, 2.05) is 12.1 Å². The van der Waals surface area contributed by atoms with E-state index in [1.165, 1.54) is 11.6 Å². The van der Waals surface area contributed by atoms with Gasteiger partial charge in [0.1, 0.15) is 5.82 Å². The van der Waals surface area contributed by atoms with Gasteiger partial charge in [-0.15, -0.1) is 0 Å². The van der Waals surface area contributed by atoms with Crippen LogP contribution in [-0.4, -0.2) is 11.7 Å². The summed E-state index contributed by atoms with van der Waals surface area (Å²) in [5, 5.41) is 13.1. The zero-order valence-corrected chi connectivity index (χ0v) is 11.6. The molecule has 0 saturated heterocycles. The van der Waals surface area contributed by atoms with Gasteiger partial charge in [0, 0.05) is 17.8 Å². The van der Waals surface area contributed by atoms with E-state index in [9.17, 15) is 9.50 Å². The van der Waals surface area contributed by atoms with Crippen LogP contribution >= 0.6 is 0 Å². The van der Waals surface area contributed by atoms with Gasteiger partial charge in [-0.05, 0) is 30.2 Å². The molecular formula is C17H20FNO. The molecule has 2 rings (SSSR count). The number of nitrogens with one attached hydrogen (secondary N) is 1. The van der Waals surface area contributed by atoms with Crippen molar-refractivity contribution in [2.45, 2.75) is 25.9 Å². The first-order chi connectivity index (χ1) is 9.70. The Kier molecular flexibility index (Phi) is 5.13. The summed E-state index contributed by atoms with van der Waals surface area (Å²) in [5.74, 6) is -0.375. The maximum Gasteiger partial charge on any atom is 0.129 e. The molecular weight excluding hydrogens is 253 g/mol. The maximum atomic E-state index is 13.5. The van der Waals surface area contributed by atoms with E-state index in [-0.39, 0.29) is 12.4 Å². The van der Waals surface area contributed by atoms with Gasteiger partial charge in [-0.2, -0.15) is 0 Å². The van der Waals surface area contributed by atoms with Gasteiger partial charge in [-0.25, -0.2) is 4.39 Å². The van der Waals surface area contributed by atoms with E-state index in [0.29, 0.717) is 5.56 Å². The Labute approximate surface area is 119 Å². The Morgan fingerprint density at radius 3 is 2.45 bits per heavy atom. The largest absolute Gasteiger partial charge is 0.386 e. The molecule has 2 aromatic carbocycles. The molecule has 2 N–H and O–H groups in total. The molecule has 20 heavy (non-hydrogen) atoms. The van der Waals surface area contributed by atoms with Crippen LogP contribution in [0.2, 0.25) is 0 Å². The van der Waals surface area contributed by atoms with Crippen molar-refractivity contribution in [1.29, 1.82) is 0 Å². The fourth-order valence-electron chi connectivity index (χ4n) is 2.15. The molecule has 0 radical (unpaired) electrons. The summed E-state index contributed by atoms with van der Waals surface area (Å²) >= 11 is 0. The van der Waals surface area contributed by atoms with Gasteiger partial charge in [-0.3, -0.25) is 0 Å². The number of aliphatic hydroxyl groups excluding tert-OH is 1. The first-order valence-electron chi connectivity index (χ1n) is 6.96. The summed E-state index contributed by atoms with van der Waals surface area (Å²) < 4.78 is 13.5. The summed E-state index contributed by atoms with van der Waals surface area (Å²) in [6.45, 7) is 2.44. The molecule has 3 heteroatoms. The SMILES string of the molecule is CCCc1ccc(NCC(O)c2ccccc2F)cc1. The van der Waals surface area contributed by atoms with Crippen LogP contribution in [0, 0.1) is 5.82 Å². The van der Waals surface area contributed by atoms with Crippen molar-refractivity contribution in [3.05, 3.63) is 65.5 Å². The van der Waals surface area contributed by atoms with E-state index < -0.39 is 6.10 Å². The van der Waals surface area contributed by atoms with Gasteiger partial charge in [0.2, 0.25) is 0 Å². The van der Waals surface area contributed by atoms with Crippen molar-refractivity contribution in [3.63, 3.8) is 0 Å². The number of hydrogen-bond donors (Lipinski definition) is 2. The topological polar surface area (TPSA) is 32.3 Å². The fraction of sp³-hybridized carbons (Fsp3) is 0.294. The molecule has 0 aliphatic carbocycles. The van der Waals surface area contributed by atoms with Crippen molar-refractivity contribution in [3.8, 4) is 0 Å². The number of anilines is 1. The summed E-state index contributed by atoms with van der Waals surface area (Å²) in [6, 6.07) is 14.4. The molecule has 1 atom stereocenters. The van der Waals surface area contributed by atoms with E-state index >= 15 is 0 Å². The molecule has 0 aromatic heterocycles. The molecule has 0 fully saturated rings. The third-order valence-corrected chi connectivity index (χ3v) is 3.26. The Balaban J connectivity index is 1.93. The van der Waals surface area contributed by atoms with Crippen LogP contribution in [0.1, 0.15) is 30.6 Å². The minimum atomic E-state index is -0.855. The lowest BCUT2D eigenvalue weighted by atomic mass is 10.1. The quantitative estimate of drug-likeness (QED) is 0.836. The smallest absolute Gasteiger partial charge is 0.129 e. The minimum Gasteiger partial charge on any atom is -0.386 e. The van der Waals surface area contributed by atoms with Crippen LogP contribution in [0.4, 0.5) is 10.1 Å². The van der Waals surface area contributed by atoms with Gasteiger partial charge in [0.15, 0.2) is 0 Å². The highest BCUT2D eigenvalue weighted by molar-refractivity contribution is 5.45. The number of aliphatic hydroxyl groups is 1.